The number of ether oxygens (including phenoxy) is 2. The average molecular weight is 318 g/mol. The fourth-order valence-corrected chi connectivity index (χ4v) is 3.12. The number of morpholine rings is 1. The molecule has 1 spiro atoms. The van der Waals surface area contributed by atoms with Crippen molar-refractivity contribution >= 4 is 5.91 Å². The number of hydrogen-bond acceptors (Lipinski definition) is 6. The molecule has 0 bridgehead atoms. The zero-order valence-corrected chi connectivity index (χ0v) is 13.2. The minimum absolute atomic E-state index is 0.0397. The number of aromatic nitrogens is 2. The van der Waals surface area contributed by atoms with E-state index in [-0.39, 0.29) is 5.91 Å². The van der Waals surface area contributed by atoms with Crippen molar-refractivity contribution in [3.8, 4) is 0 Å². The molecule has 0 N–H and O–H groups in total. The first kappa shape index (κ1) is 16.0. The molecule has 2 aliphatic rings. The molecule has 124 valence electrons. The fourth-order valence-electron chi connectivity index (χ4n) is 3.12. The van der Waals surface area contributed by atoms with Gasteiger partial charge in [-0.1, -0.05) is 6.08 Å². The van der Waals surface area contributed by atoms with Crippen molar-refractivity contribution in [2.75, 3.05) is 52.5 Å². The average Bonchev–Trinajstić information content (AvgIpc) is 2.77. The molecule has 0 radical (unpaired) electrons. The largest absolute Gasteiger partial charge is 0.377 e. The van der Waals surface area contributed by atoms with Crippen LogP contribution in [0.4, 0.5) is 0 Å². The second kappa shape index (κ2) is 7.16. The van der Waals surface area contributed by atoms with Crippen molar-refractivity contribution in [1.82, 2.24) is 20.0 Å². The standard InChI is InChI=1S/C16H22N4O3/c1-2-5-19-6-8-22-13-16(11-19)12-20(7-9-23-16)15(21)14-3-4-17-18-10-14/h2-4,10H,1,5-9,11-13H2. The third-order valence-electron chi connectivity index (χ3n) is 4.18. The van der Waals surface area contributed by atoms with Gasteiger partial charge in [-0.15, -0.1) is 6.58 Å². The Bertz CT molecular complexity index is 554. The van der Waals surface area contributed by atoms with Crippen LogP contribution < -0.4 is 0 Å². The van der Waals surface area contributed by atoms with Gasteiger partial charge < -0.3 is 14.4 Å². The normalized spacial score (nSPS) is 26.0. The molecule has 1 aromatic rings. The van der Waals surface area contributed by atoms with E-state index in [0.29, 0.717) is 38.5 Å². The van der Waals surface area contributed by atoms with Crippen LogP contribution in [0.2, 0.25) is 0 Å². The molecule has 2 saturated heterocycles. The molecule has 1 aromatic heterocycles. The maximum Gasteiger partial charge on any atom is 0.255 e. The first-order valence-electron chi connectivity index (χ1n) is 7.83. The summed E-state index contributed by atoms with van der Waals surface area (Å²) in [5.41, 5.74) is 0.0722. The molecule has 2 fully saturated rings. The molecule has 2 aliphatic heterocycles. The van der Waals surface area contributed by atoms with E-state index >= 15 is 0 Å². The highest BCUT2D eigenvalue weighted by Gasteiger charge is 2.41. The molecule has 0 aliphatic carbocycles. The Hall–Kier alpha value is -1.83. The van der Waals surface area contributed by atoms with Crippen molar-refractivity contribution in [2.45, 2.75) is 5.60 Å². The third-order valence-corrected chi connectivity index (χ3v) is 4.18. The highest BCUT2D eigenvalue weighted by Crippen LogP contribution is 2.23. The lowest BCUT2D eigenvalue weighted by molar-refractivity contribution is -0.132. The van der Waals surface area contributed by atoms with Crippen LogP contribution in [0.5, 0.6) is 0 Å². The predicted molar refractivity (Wildman–Crippen MR) is 84.1 cm³/mol. The molecule has 7 nitrogen and oxygen atoms in total. The number of carbonyl (C=O) groups is 1. The summed E-state index contributed by atoms with van der Waals surface area (Å²) in [4.78, 5) is 16.7. The lowest BCUT2D eigenvalue weighted by atomic mass is 10.0. The number of nitrogens with zero attached hydrogens (tertiary/aromatic N) is 4. The SMILES string of the molecule is C=CCN1CCOCC2(C1)CN(C(=O)c1ccnnc1)CCO2. The van der Waals surface area contributed by atoms with Crippen molar-refractivity contribution in [3.63, 3.8) is 0 Å². The van der Waals surface area contributed by atoms with Crippen LogP contribution in [0.15, 0.2) is 31.1 Å². The van der Waals surface area contributed by atoms with Crippen LogP contribution in [0.3, 0.4) is 0 Å². The number of hydrogen-bond donors (Lipinski definition) is 0. The first-order chi connectivity index (χ1) is 11.2. The van der Waals surface area contributed by atoms with Crippen LogP contribution in [0, 0.1) is 0 Å². The topological polar surface area (TPSA) is 67.8 Å². The zero-order chi connectivity index (χ0) is 16.1. The van der Waals surface area contributed by atoms with E-state index in [1.54, 1.807) is 6.07 Å². The molecule has 0 aromatic carbocycles. The molecule has 3 rings (SSSR count). The summed E-state index contributed by atoms with van der Waals surface area (Å²) < 4.78 is 11.8. The zero-order valence-electron chi connectivity index (χ0n) is 13.2. The molecular weight excluding hydrogens is 296 g/mol. The quantitative estimate of drug-likeness (QED) is 0.742. The second-order valence-electron chi connectivity index (χ2n) is 5.97. The highest BCUT2D eigenvalue weighted by atomic mass is 16.5. The van der Waals surface area contributed by atoms with Crippen molar-refractivity contribution in [2.24, 2.45) is 0 Å². The minimum atomic E-state index is -0.478. The van der Waals surface area contributed by atoms with E-state index in [2.05, 4.69) is 21.7 Å². The lowest BCUT2D eigenvalue weighted by Crippen LogP contribution is -2.59. The van der Waals surface area contributed by atoms with Gasteiger partial charge in [0, 0.05) is 26.2 Å². The van der Waals surface area contributed by atoms with Gasteiger partial charge in [0.2, 0.25) is 0 Å². The van der Waals surface area contributed by atoms with Gasteiger partial charge in [-0.05, 0) is 6.07 Å². The van der Waals surface area contributed by atoms with Gasteiger partial charge in [-0.2, -0.15) is 10.2 Å². The van der Waals surface area contributed by atoms with E-state index in [0.717, 1.165) is 19.6 Å². The van der Waals surface area contributed by atoms with Gasteiger partial charge >= 0.3 is 0 Å². The summed E-state index contributed by atoms with van der Waals surface area (Å²) in [5, 5.41) is 7.50. The van der Waals surface area contributed by atoms with Crippen LogP contribution in [-0.2, 0) is 9.47 Å². The first-order valence-corrected chi connectivity index (χ1v) is 7.83. The molecule has 0 saturated carbocycles. The molecule has 1 unspecified atom stereocenters. The summed E-state index contributed by atoms with van der Waals surface area (Å²) in [7, 11) is 0. The Balaban J connectivity index is 1.73. The van der Waals surface area contributed by atoms with E-state index in [1.807, 2.05) is 11.0 Å². The van der Waals surface area contributed by atoms with E-state index in [1.165, 1.54) is 12.4 Å². The number of rotatable bonds is 3. The highest BCUT2D eigenvalue weighted by molar-refractivity contribution is 5.93. The number of amides is 1. The minimum Gasteiger partial charge on any atom is -0.377 e. The van der Waals surface area contributed by atoms with E-state index in [9.17, 15) is 4.79 Å². The van der Waals surface area contributed by atoms with Crippen molar-refractivity contribution < 1.29 is 14.3 Å². The molecule has 1 atom stereocenters. The maximum absolute atomic E-state index is 12.7. The van der Waals surface area contributed by atoms with E-state index < -0.39 is 5.60 Å². The lowest BCUT2D eigenvalue weighted by Gasteiger charge is -2.43. The van der Waals surface area contributed by atoms with Crippen molar-refractivity contribution in [3.05, 3.63) is 36.7 Å². The Kier molecular flexibility index (Phi) is 5.00. The van der Waals surface area contributed by atoms with Gasteiger partial charge in [0.05, 0.1) is 44.3 Å². The molecule has 23 heavy (non-hydrogen) atoms. The predicted octanol–water partition coefficient (Wildman–Crippen LogP) is 0.206. The smallest absolute Gasteiger partial charge is 0.255 e. The monoisotopic (exact) mass is 318 g/mol. The molecule has 3 heterocycles. The Labute approximate surface area is 135 Å². The van der Waals surface area contributed by atoms with Crippen LogP contribution >= 0.6 is 0 Å². The van der Waals surface area contributed by atoms with Crippen LogP contribution in [0.25, 0.3) is 0 Å². The summed E-state index contributed by atoms with van der Waals surface area (Å²) in [6.07, 6.45) is 4.91. The van der Waals surface area contributed by atoms with Gasteiger partial charge in [0.25, 0.3) is 5.91 Å². The van der Waals surface area contributed by atoms with Crippen LogP contribution in [-0.4, -0.2) is 84.0 Å². The van der Waals surface area contributed by atoms with Crippen molar-refractivity contribution in [1.29, 1.82) is 0 Å². The number of carbonyl (C=O) groups excluding carboxylic acids is 1. The Morgan fingerprint density at radius 3 is 3.04 bits per heavy atom. The van der Waals surface area contributed by atoms with E-state index in [4.69, 9.17) is 9.47 Å². The van der Waals surface area contributed by atoms with Gasteiger partial charge in [0.15, 0.2) is 0 Å². The van der Waals surface area contributed by atoms with Gasteiger partial charge in [0.1, 0.15) is 5.60 Å². The summed E-state index contributed by atoms with van der Waals surface area (Å²) in [6.45, 7) is 8.94. The third kappa shape index (κ3) is 3.74. The molecule has 1 amide bonds. The molecular formula is C16H22N4O3. The van der Waals surface area contributed by atoms with Gasteiger partial charge in [-0.3, -0.25) is 9.69 Å². The Morgan fingerprint density at radius 2 is 2.26 bits per heavy atom. The summed E-state index contributed by atoms with van der Waals surface area (Å²) >= 11 is 0. The van der Waals surface area contributed by atoms with Gasteiger partial charge in [-0.25, -0.2) is 0 Å². The summed E-state index contributed by atoms with van der Waals surface area (Å²) in [5.74, 6) is -0.0397. The summed E-state index contributed by atoms with van der Waals surface area (Å²) in [6, 6.07) is 1.69. The molecule has 7 heteroatoms. The fraction of sp³-hybridized carbons (Fsp3) is 0.562. The van der Waals surface area contributed by atoms with Crippen LogP contribution in [0.1, 0.15) is 10.4 Å². The maximum atomic E-state index is 12.7. The second-order valence-corrected chi connectivity index (χ2v) is 5.97. The Morgan fingerprint density at radius 1 is 1.35 bits per heavy atom.